The third kappa shape index (κ3) is 2.28. The van der Waals surface area contributed by atoms with Crippen LogP contribution in [-0.4, -0.2) is 17.6 Å². The lowest BCUT2D eigenvalue weighted by molar-refractivity contribution is -0.250. The Kier molecular flexibility index (Phi) is 3.68. The molecule has 0 saturated carbocycles. The van der Waals surface area contributed by atoms with Crippen molar-refractivity contribution in [3.8, 4) is 5.75 Å². The van der Waals surface area contributed by atoms with Crippen molar-refractivity contribution in [1.82, 2.24) is 0 Å². The number of aldehydes is 1. The average Bonchev–Trinajstić information content (AvgIpc) is 2.54. The molecule has 0 aromatic heterocycles. The molecule has 1 aliphatic rings. The fraction of sp³-hybridized carbons (Fsp3) is 0.118. The summed E-state index contributed by atoms with van der Waals surface area (Å²) in [5.41, 5.74) is -5.05. The summed E-state index contributed by atoms with van der Waals surface area (Å²) >= 11 is 0. The van der Waals surface area contributed by atoms with Crippen molar-refractivity contribution < 1.29 is 32.2 Å². The van der Waals surface area contributed by atoms with E-state index in [1.165, 1.54) is 30.3 Å². The zero-order chi connectivity index (χ0) is 17.5. The number of para-hydroxylation sites is 1. The minimum atomic E-state index is -5.16. The van der Waals surface area contributed by atoms with Crippen LogP contribution in [0.3, 0.4) is 0 Å². The van der Waals surface area contributed by atoms with Gasteiger partial charge in [0.2, 0.25) is 5.60 Å². The number of halogens is 4. The lowest BCUT2D eigenvalue weighted by Crippen LogP contribution is -2.47. The van der Waals surface area contributed by atoms with E-state index in [0.29, 0.717) is 0 Å². The Balaban J connectivity index is 2.32. The first kappa shape index (κ1) is 16.2. The molecule has 124 valence electrons. The van der Waals surface area contributed by atoms with Crippen molar-refractivity contribution in [1.29, 1.82) is 0 Å². The van der Waals surface area contributed by atoms with Crippen LogP contribution in [0.4, 0.5) is 17.6 Å². The van der Waals surface area contributed by atoms with E-state index in [9.17, 15) is 27.5 Å². The molecule has 1 heterocycles. The predicted molar refractivity (Wildman–Crippen MR) is 76.4 cm³/mol. The van der Waals surface area contributed by atoms with Crippen LogP contribution in [0.25, 0.3) is 5.76 Å². The molecule has 0 spiro atoms. The molecule has 1 atom stereocenters. The molecule has 3 nitrogen and oxygen atoms in total. The SMILES string of the molecule is O=CC1=C(c2ccc(F)cc2)Oc2ccccc2[C@]1(O)C(F)(F)F. The summed E-state index contributed by atoms with van der Waals surface area (Å²) in [7, 11) is 0. The van der Waals surface area contributed by atoms with E-state index in [4.69, 9.17) is 4.74 Å². The third-order valence-corrected chi connectivity index (χ3v) is 3.76. The number of ether oxygens (including phenoxy) is 1. The van der Waals surface area contributed by atoms with Crippen molar-refractivity contribution in [3.05, 3.63) is 71.0 Å². The monoisotopic (exact) mass is 338 g/mol. The van der Waals surface area contributed by atoms with E-state index < -0.39 is 34.5 Å². The molecule has 0 saturated heterocycles. The van der Waals surface area contributed by atoms with Gasteiger partial charge in [0.1, 0.15) is 17.3 Å². The highest BCUT2D eigenvalue weighted by Crippen LogP contribution is 2.52. The molecule has 7 heteroatoms. The first-order chi connectivity index (χ1) is 11.3. The molecule has 3 rings (SSSR count). The highest BCUT2D eigenvalue weighted by molar-refractivity contribution is 5.91. The number of hydrogen-bond acceptors (Lipinski definition) is 3. The fourth-order valence-electron chi connectivity index (χ4n) is 2.59. The molecule has 24 heavy (non-hydrogen) atoms. The van der Waals surface area contributed by atoms with Gasteiger partial charge in [-0.05, 0) is 30.3 Å². The van der Waals surface area contributed by atoms with Gasteiger partial charge < -0.3 is 9.84 Å². The number of hydrogen-bond donors (Lipinski definition) is 1. The Labute approximate surface area is 133 Å². The number of carbonyl (C=O) groups is 1. The highest BCUT2D eigenvalue weighted by atomic mass is 19.4. The predicted octanol–water partition coefficient (Wildman–Crippen LogP) is 3.58. The Morgan fingerprint density at radius 2 is 1.67 bits per heavy atom. The normalized spacial score (nSPS) is 20.4. The van der Waals surface area contributed by atoms with Gasteiger partial charge in [-0.15, -0.1) is 0 Å². The Hall–Kier alpha value is -2.67. The van der Waals surface area contributed by atoms with E-state index in [1.807, 2.05) is 0 Å². The summed E-state index contributed by atoms with van der Waals surface area (Å²) in [6.07, 6.45) is -5.25. The molecule has 0 aliphatic carbocycles. The molecule has 0 amide bonds. The molecule has 0 bridgehead atoms. The lowest BCUT2D eigenvalue weighted by atomic mass is 9.82. The number of benzene rings is 2. The van der Waals surface area contributed by atoms with Gasteiger partial charge in [-0.3, -0.25) is 4.79 Å². The number of carbonyl (C=O) groups excluding carboxylic acids is 1. The molecular weight excluding hydrogens is 328 g/mol. The molecule has 1 N–H and O–H groups in total. The maximum atomic E-state index is 13.6. The van der Waals surface area contributed by atoms with Crippen LogP contribution in [0.1, 0.15) is 11.1 Å². The van der Waals surface area contributed by atoms with Crippen LogP contribution < -0.4 is 4.74 Å². The fourth-order valence-corrected chi connectivity index (χ4v) is 2.59. The van der Waals surface area contributed by atoms with Gasteiger partial charge in [-0.25, -0.2) is 4.39 Å². The van der Waals surface area contributed by atoms with Crippen molar-refractivity contribution in [2.24, 2.45) is 0 Å². The highest BCUT2D eigenvalue weighted by Gasteiger charge is 2.61. The Morgan fingerprint density at radius 1 is 1.04 bits per heavy atom. The van der Waals surface area contributed by atoms with Gasteiger partial charge in [-0.2, -0.15) is 13.2 Å². The molecule has 2 aromatic carbocycles. The minimum Gasteiger partial charge on any atom is -0.456 e. The van der Waals surface area contributed by atoms with Gasteiger partial charge in [0.25, 0.3) is 0 Å². The smallest absolute Gasteiger partial charge is 0.426 e. The molecule has 0 unspecified atom stereocenters. The molecule has 0 radical (unpaired) electrons. The summed E-state index contributed by atoms with van der Waals surface area (Å²) in [6, 6.07) is 9.37. The van der Waals surface area contributed by atoms with E-state index in [1.54, 1.807) is 0 Å². The molecular formula is C17H10F4O3. The van der Waals surface area contributed by atoms with Crippen LogP contribution in [0.5, 0.6) is 5.75 Å². The van der Waals surface area contributed by atoms with Crippen molar-refractivity contribution >= 4 is 12.0 Å². The van der Waals surface area contributed by atoms with E-state index in [-0.39, 0.29) is 17.6 Å². The zero-order valence-electron chi connectivity index (χ0n) is 12.0. The number of alkyl halides is 3. The van der Waals surface area contributed by atoms with Crippen LogP contribution >= 0.6 is 0 Å². The summed E-state index contributed by atoms with van der Waals surface area (Å²) < 4.78 is 59.4. The maximum absolute atomic E-state index is 13.6. The van der Waals surface area contributed by atoms with Gasteiger partial charge in [-0.1, -0.05) is 18.2 Å². The maximum Gasteiger partial charge on any atom is 0.426 e. The Morgan fingerprint density at radius 3 is 2.25 bits per heavy atom. The first-order valence-corrected chi connectivity index (χ1v) is 6.81. The van der Waals surface area contributed by atoms with Crippen molar-refractivity contribution in [2.75, 3.05) is 0 Å². The van der Waals surface area contributed by atoms with E-state index in [0.717, 1.165) is 18.2 Å². The quantitative estimate of drug-likeness (QED) is 0.673. The van der Waals surface area contributed by atoms with Crippen molar-refractivity contribution in [2.45, 2.75) is 11.8 Å². The van der Waals surface area contributed by atoms with Crippen LogP contribution in [0.2, 0.25) is 0 Å². The van der Waals surface area contributed by atoms with Crippen LogP contribution in [-0.2, 0) is 10.4 Å². The second-order valence-corrected chi connectivity index (χ2v) is 5.17. The standard InChI is InChI=1S/C17H10F4O3/c18-11-7-5-10(6-8-11)15-13(9-22)16(23,17(19,20)21)12-3-1-2-4-14(12)24-15/h1-9,23H/t16-/m1/s1. The number of aliphatic hydroxyl groups is 1. The minimum absolute atomic E-state index is 0.0377. The largest absolute Gasteiger partial charge is 0.456 e. The number of fused-ring (bicyclic) bond motifs is 1. The number of rotatable bonds is 2. The second kappa shape index (κ2) is 5.45. The van der Waals surface area contributed by atoms with Gasteiger partial charge in [0.05, 0.1) is 5.57 Å². The Bertz CT molecular complexity index is 824. The van der Waals surface area contributed by atoms with Gasteiger partial charge in [0.15, 0.2) is 6.29 Å². The molecule has 2 aromatic rings. The third-order valence-electron chi connectivity index (χ3n) is 3.76. The topological polar surface area (TPSA) is 46.5 Å². The summed E-state index contributed by atoms with van der Waals surface area (Å²) in [6.45, 7) is 0. The summed E-state index contributed by atoms with van der Waals surface area (Å²) in [4.78, 5) is 11.4. The van der Waals surface area contributed by atoms with E-state index in [2.05, 4.69) is 0 Å². The molecule has 1 aliphatic heterocycles. The summed E-state index contributed by atoms with van der Waals surface area (Å²) in [5, 5.41) is 10.4. The summed E-state index contributed by atoms with van der Waals surface area (Å²) in [5.74, 6) is -1.31. The van der Waals surface area contributed by atoms with Gasteiger partial charge >= 0.3 is 6.18 Å². The zero-order valence-corrected chi connectivity index (χ0v) is 12.0. The van der Waals surface area contributed by atoms with Crippen LogP contribution in [0, 0.1) is 5.82 Å². The van der Waals surface area contributed by atoms with Crippen molar-refractivity contribution in [3.63, 3.8) is 0 Å². The lowest BCUT2D eigenvalue weighted by Gasteiger charge is -2.37. The molecule has 0 fully saturated rings. The second-order valence-electron chi connectivity index (χ2n) is 5.17. The average molecular weight is 338 g/mol. The van der Waals surface area contributed by atoms with E-state index >= 15 is 0 Å². The first-order valence-electron chi connectivity index (χ1n) is 6.81. The van der Waals surface area contributed by atoms with Gasteiger partial charge in [0, 0.05) is 11.1 Å². The van der Waals surface area contributed by atoms with Crippen LogP contribution in [0.15, 0.2) is 54.1 Å².